The molecule has 1 saturated carbocycles. The summed E-state index contributed by atoms with van der Waals surface area (Å²) in [5, 5.41) is 4.12. The van der Waals surface area contributed by atoms with Crippen molar-refractivity contribution in [3.63, 3.8) is 0 Å². The number of hydrogen-bond donors (Lipinski definition) is 0. The molecule has 0 aromatic heterocycles. The zero-order valence-corrected chi connectivity index (χ0v) is 13.8. The van der Waals surface area contributed by atoms with Crippen molar-refractivity contribution in [2.24, 2.45) is 5.92 Å². The van der Waals surface area contributed by atoms with E-state index in [9.17, 15) is 4.79 Å². The molecular weight excluding hydrogens is 276 g/mol. The van der Waals surface area contributed by atoms with E-state index in [0.29, 0.717) is 12.5 Å². The summed E-state index contributed by atoms with van der Waals surface area (Å²) in [5.41, 5.74) is 1.12. The zero-order valence-electron chi connectivity index (χ0n) is 13.8. The van der Waals surface area contributed by atoms with E-state index < -0.39 is 0 Å². The summed E-state index contributed by atoms with van der Waals surface area (Å²) < 4.78 is 5.29. The molecule has 1 spiro atoms. The fraction of sp³-hybridized carbons (Fsp3) is 0.611. The summed E-state index contributed by atoms with van der Waals surface area (Å²) in [5.74, 6) is 0.652. The van der Waals surface area contributed by atoms with Gasteiger partial charge in [-0.1, -0.05) is 43.7 Å². The van der Waals surface area contributed by atoms with Crippen LogP contribution in [0.15, 0.2) is 30.3 Å². The molecule has 2 fully saturated rings. The maximum absolute atomic E-state index is 12.4. The first-order valence-corrected chi connectivity index (χ1v) is 8.41. The van der Waals surface area contributed by atoms with Crippen LogP contribution in [-0.2, 0) is 4.74 Å². The number of benzene rings is 1. The van der Waals surface area contributed by atoms with Crippen LogP contribution in [0, 0.1) is 5.92 Å². The van der Waals surface area contributed by atoms with Gasteiger partial charge in [0.05, 0.1) is 12.6 Å². The molecule has 1 aliphatic heterocycles. The van der Waals surface area contributed by atoms with E-state index in [0.717, 1.165) is 12.8 Å². The van der Waals surface area contributed by atoms with Crippen molar-refractivity contribution in [1.29, 1.82) is 0 Å². The number of rotatable bonds is 3. The number of hydrazine groups is 1. The summed E-state index contributed by atoms with van der Waals surface area (Å²) >= 11 is 0. The van der Waals surface area contributed by atoms with E-state index in [1.165, 1.54) is 18.4 Å². The van der Waals surface area contributed by atoms with Gasteiger partial charge < -0.3 is 4.74 Å². The van der Waals surface area contributed by atoms with Crippen molar-refractivity contribution in [2.75, 3.05) is 6.61 Å². The van der Waals surface area contributed by atoms with Gasteiger partial charge in [0.25, 0.3) is 0 Å². The first kappa shape index (κ1) is 15.3. The molecule has 1 amide bonds. The summed E-state index contributed by atoms with van der Waals surface area (Å²) in [4.78, 5) is 12.4. The van der Waals surface area contributed by atoms with Crippen LogP contribution in [0.5, 0.6) is 0 Å². The van der Waals surface area contributed by atoms with Gasteiger partial charge in [0.1, 0.15) is 5.66 Å². The van der Waals surface area contributed by atoms with E-state index >= 15 is 0 Å². The lowest BCUT2D eigenvalue weighted by Crippen LogP contribution is -2.30. The first-order chi connectivity index (χ1) is 10.6. The maximum Gasteiger partial charge on any atom is 0.426 e. The standard InChI is InChI=1S/C18H26N2O2/c1-4-22-17(21)20-18(12-8-9-14(2)13-18)19(20)15(3)16-10-6-5-7-11-16/h5-7,10-11,14-15H,4,8-9,12-13H2,1-3H3/t14-,15-,18?,19?,20?/m1/s1. The third-order valence-electron chi connectivity index (χ3n) is 5.04. The van der Waals surface area contributed by atoms with E-state index in [4.69, 9.17) is 4.74 Å². The molecule has 22 heavy (non-hydrogen) atoms. The van der Waals surface area contributed by atoms with E-state index in [1.54, 1.807) is 0 Å². The molecule has 1 heterocycles. The third kappa shape index (κ3) is 2.50. The summed E-state index contributed by atoms with van der Waals surface area (Å²) in [6.45, 7) is 6.75. The third-order valence-corrected chi connectivity index (χ3v) is 5.04. The molecule has 0 bridgehead atoms. The van der Waals surface area contributed by atoms with E-state index in [1.807, 2.05) is 18.0 Å². The minimum Gasteiger partial charge on any atom is -0.449 e. The second-order valence-corrected chi connectivity index (χ2v) is 6.63. The lowest BCUT2D eigenvalue weighted by atomic mass is 9.84. The van der Waals surface area contributed by atoms with Crippen LogP contribution in [0.4, 0.5) is 4.79 Å². The van der Waals surface area contributed by atoms with Gasteiger partial charge >= 0.3 is 6.09 Å². The van der Waals surface area contributed by atoms with E-state index in [2.05, 4.69) is 43.1 Å². The summed E-state index contributed by atoms with van der Waals surface area (Å²) in [7, 11) is 0. The summed E-state index contributed by atoms with van der Waals surface area (Å²) in [6, 6.07) is 10.6. The van der Waals surface area contributed by atoms with Gasteiger partial charge in [-0.2, -0.15) is 5.01 Å². The van der Waals surface area contributed by atoms with Crippen molar-refractivity contribution < 1.29 is 9.53 Å². The van der Waals surface area contributed by atoms with Gasteiger partial charge in [-0.3, -0.25) is 0 Å². The highest BCUT2D eigenvalue weighted by atomic mass is 16.6. The first-order valence-electron chi connectivity index (χ1n) is 8.41. The van der Waals surface area contributed by atoms with Gasteiger partial charge in [0.2, 0.25) is 0 Å². The van der Waals surface area contributed by atoms with Crippen LogP contribution >= 0.6 is 0 Å². The fourth-order valence-electron chi connectivity index (χ4n) is 4.05. The van der Waals surface area contributed by atoms with E-state index in [-0.39, 0.29) is 17.8 Å². The Bertz CT molecular complexity index is 533. The molecule has 4 heteroatoms. The molecule has 1 aromatic rings. The molecule has 2 unspecified atom stereocenters. The predicted octanol–water partition coefficient (Wildman–Crippen LogP) is 4.34. The quantitative estimate of drug-likeness (QED) is 0.778. The second-order valence-electron chi connectivity index (χ2n) is 6.63. The van der Waals surface area contributed by atoms with Gasteiger partial charge in [0.15, 0.2) is 0 Å². The molecule has 2 aliphatic rings. The minimum atomic E-state index is -0.195. The van der Waals surface area contributed by atoms with Gasteiger partial charge in [-0.05, 0) is 44.6 Å². The Morgan fingerprint density at radius 2 is 2.14 bits per heavy atom. The van der Waals surface area contributed by atoms with Crippen molar-refractivity contribution in [2.45, 2.75) is 58.2 Å². The van der Waals surface area contributed by atoms with Gasteiger partial charge in [0, 0.05) is 0 Å². The lowest BCUT2D eigenvalue weighted by molar-refractivity contribution is 0.110. The number of carbonyl (C=O) groups excluding carboxylic acids is 1. The Labute approximate surface area is 133 Å². The Kier molecular flexibility index (Phi) is 4.13. The average molecular weight is 302 g/mol. The molecule has 0 radical (unpaired) electrons. The van der Waals surface area contributed by atoms with Crippen molar-refractivity contribution in [3.05, 3.63) is 35.9 Å². The van der Waals surface area contributed by atoms with Crippen LogP contribution in [0.25, 0.3) is 0 Å². The van der Waals surface area contributed by atoms with Crippen molar-refractivity contribution in [3.8, 4) is 0 Å². The topological polar surface area (TPSA) is 32.3 Å². The normalized spacial score (nSPS) is 31.9. The largest absolute Gasteiger partial charge is 0.449 e. The predicted molar refractivity (Wildman–Crippen MR) is 85.9 cm³/mol. The van der Waals surface area contributed by atoms with Crippen LogP contribution in [0.2, 0.25) is 0 Å². The lowest BCUT2D eigenvalue weighted by Gasteiger charge is -2.26. The molecule has 1 aliphatic carbocycles. The van der Waals surface area contributed by atoms with Crippen LogP contribution < -0.4 is 0 Å². The fourth-order valence-corrected chi connectivity index (χ4v) is 4.05. The SMILES string of the molecule is CCOC(=O)N1N([C@H](C)c2ccccc2)C12CCC[C@@H](C)C2. The molecule has 1 aromatic carbocycles. The maximum atomic E-state index is 12.4. The molecular formula is C18H26N2O2. The van der Waals surface area contributed by atoms with Gasteiger partial charge in [-0.15, -0.1) is 0 Å². The smallest absolute Gasteiger partial charge is 0.426 e. The van der Waals surface area contributed by atoms with Gasteiger partial charge in [-0.25, -0.2) is 9.80 Å². The number of hydrogen-bond acceptors (Lipinski definition) is 3. The molecule has 0 N–H and O–H groups in total. The molecule has 4 atom stereocenters. The number of amides is 1. The van der Waals surface area contributed by atoms with Crippen LogP contribution in [0.3, 0.4) is 0 Å². The molecule has 1 saturated heterocycles. The minimum absolute atomic E-state index is 0.126. The molecule has 120 valence electrons. The van der Waals surface area contributed by atoms with Crippen LogP contribution in [0.1, 0.15) is 58.1 Å². The number of nitrogens with zero attached hydrogens (tertiary/aromatic N) is 2. The zero-order chi connectivity index (χ0) is 15.7. The van der Waals surface area contributed by atoms with Crippen molar-refractivity contribution >= 4 is 6.09 Å². The molecule has 3 rings (SSSR count). The number of ether oxygens (including phenoxy) is 1. The second kappa shape index (κ2) is 5.92. The monoisotopic (exact) mass is 302 g/mol. The highest BCUT2D eigenvalue weighted by Gasteiger charge is 2.66. The number of carbonyl (C=O) groups is 1. The van der Waals surface area contributed by atoms with Crippen LogP contribution in [-0.4, -0.2) is 28.4 Å². The highest BCUT2D eigenvalue weighted by Crippen LogP contribution is 2.55. The Hall–Kier alpha value is -1.55. The summed E-state index contributed by atoms with van der Waals surface area (Å²) in [6.07, 6.45) is 4.33. The Balaban J connectivity index is 1.85. The van der Waals surface area contributed by atoms with Crippen molar-refractivity contribution in [1.82, 2.24) is 10.0 Å². The highest BCUT2D eigenvalue weighted by molar-refractivity contribution is 5.71. The Morgan fingerprint density at radius 3 is 2.77 bits per heavy atom. The Morgan fingerprint density at radius 1 is 1.41 bits per heavy atom. The average Bonchev–Trinajstić information content (AvgIpc) is 3.14. The molecule has 4 nitrogen and oxygen atoms in total.